The fraction of sp³-hybridized carbons (Fsp3) is 0. The fourth-order valence-corrected chi connectivity index (χ4v) is 0.198. The van der Waals surface area contributed by atoms with Gasteiger partial charge in [0.05, 0.1) is 6.07 Å². The summed E-state index contributed by atoms with van der Waals surface area (Å²) in [7, 11) is 0. The minimum Gasteiger partial charge on any atom is -0.338 e. The average Bonchev–Trinajstić information content (AvgIpc) is 1.86. The molecule has 0 aliphatic carbocycles. The van der Waals surface area contributed by atoms with Crippen molar-refractivity contribution in [2.24, 2.45) is 0 Å². The molecule has 0 atom stereocenters. The lowest BCUT2D eigenvalue weighted by molar-refractivity contribution is 0.390. The highest BCUT2D eigenvalue weighted by Crippen LogP contribution is 1.58. The molecule has 31 valence electrons. The number of H-pyrrole nitrogens is 1. The third-order valence-electron chi connectivity index (χ3n) is 0.401. The van der Waals surface area contributed by atoms with Crippen LogP contribution < -0.4 is 5.63 Å². The van der Waals surface area contributed by atoms with Gasteiger partial charge in [0.1, 0.15) is 6.20 Å². The quantitative estimate of drug-likeness (QED) is 0.471. The van der Waals surface area contributed by atoms with Gasteiger partial charge in [-0.3, -0.25) is 0 Å². The van der Waals surface area contributed by atoms with E-state index < -0.39 is 5.63 Å². The number of hydrogen-bond acceptors (Lipinski definition) is 2. The van der Waals surface area contributed by atoms with Crippen LogP contribution in [0.2, 0.25) is 0 Å². The zero-order valence-electron chi connectivity index (χ0n) is 2.89. The van der Waals surface area contributed by atoms with Crippen molar-refractivity contribution in [2.45, 2.75) is 0 Å². The first-order chi connectivity index (χ1) is 2.89. The summed E-state index contributed by atoms with van der Waals surface area (Å²) >= 11 is 0. The first-order valence-electron chi connectivity index (χ1n) is 1.44. The molecule has 3 nitrogen and oxygen atoms in total. The van der Waals surface area contributed by atoms with E-state index in [4.69, 9.17) is 0 Å². The van der Waals surface area contributed by atoms with Gasteiger partial charge in [-0.15, -0.1) is 0 Å². The van der Waals surface area contributed by atoms with Gasteiger partial charge in [-0.25, -0.2) is 9.95 Å². The highest BCUT2D eigenvalue weighted by molar-refractivity contribution is 4.68. The zero-order valence-corrected chi connectivity index (χ0v) is 2.89. The van der Waals surface area contributed by atoms with Crippen LogP contribution in [0, 0.1) is 6.20 Å². The van der Waals surface area contributed by atoms with E-state index in [0.717, 1.165) is 0 Å². The van der Waals surface area contributed by atoms with E-state index in [2.05, 4.69) is 15.9 Å². The molecule has 1 aromatic heterocycles. The summed E-state index contributed by atoms with van der Waals surface area (Å²) in [6.07, 6.45) is 2.33. The third-order valence-corrected chi connectivity index (χ3v) is 0.401. The minimum atomic E-state index is -0.394. The van der Waals surface area contributed by atoms with E-state index in [1.54, 1.807) is 0 Å². The molecule has 1 N–H and O–H groups in total. The Balaban J connectivity index is 3.41. The Morgan fingerprint density at radius 3 is 3.00 bits per heavy atom. The van der Waals surface area contributed by atoms with Gasteiger partial charge in [0.25, 0.3) is 0 Å². The van der Waals surface area contributed by atoms with Crippen LogP contribution in [0.5, 0.6) is 0 Å². The Labute approximate surface area is 33.6 Å². The van der Waals surface area contributed by atoms with Crippen LogP contribution in [0.1, 0.15) is 0 Å². The van der Waals surface area contributed by atoms with Gasteiger partial charge in [-0.2, -0.15) is 0 Å². The predicted octanol–water partition coefficient (Wildman–Crippen LogP) is -0.232. The Kier molecular flexibility index (Phi) is 0.538. The van der Waals surface area contributed by atoms with Crippen molar-refractivity contribution in [3.8, 4) is 0 Å². The van der Waals surface area contributed by atoms with Gasteiger partial charge >= 0.3 is 5.63 Å². The molecule has 0 bridgehead atoms. The highest BCUT2D eigenvalue weighted by Gasteiger charge is 1.75. The molecule has 1 rings (SSSR count). The zero-order chi connectivity index (χ0) is 4.41. The second kappa shape index (κ2) is 1.01. The number of hydrogen-bond donors (Lipinski definition) is 1. The lowest BCUT2D eigenvalue weighted by Gasteiger charge is -1.53. The lowest BCUT2D eigenvalue weighted by Crippen LogP contribution is -1.84. The first kappa shape index (κ1) is 3.21. The van der Waals surface area contributed by atoms with E-state index in [1.807, 2.05) is 0 Å². The molecule has 1 radical (unpaired) electrons. The Hall–Kier alpha value is -0.990. The number of rotatable bonds is 0. The van der Waals surface area contributed by atoms with E-state index in [1.165, 1.54) is 6.07 Å². The van der Waals surface area contributed by atoms with Gasteiger partial charge in [-0.05, 0) is 0 Å². The molecule has 0 amide bonds. The van der Waals surface area contributed by atoms with Crippen molar-refractivity contribution in [1.82, 2.24) is 5.16 Å². The molecule has 1 heterocycles. The normalized spacial score (nSPS) is 8.67. The molecule has 0 aromatic carbocycles. The van der Waals surface area contributed by atoms with Crippen molar-refractivity contribution in [2.75, 3.05) is 0 Å². The Morgan fingerprint density at radius 2 is 2.83 bits per heavy atom. The second-order valence-electron chi connectivity index (χ2n) is 0.812. The first-order valence-corrected chi connectivity index (χ1v) is 1.44. The second-order valence-corrected chi connectivity index (χ2v) is 0.812. The van der Waals surface area contributed by atoms with Crippen LogP contribution in [0.4, 0.5) is 0 Å². The summed E-state index contributed by atoms with van der Waals surface area (Å²) in [5, 5.41) is 2.12. The number of aromatic amines is 1. The van der Waals surface area contributed by atoms with Crippen molar-refractivity contribution < 1.29 is 4.52 Å². The summed E-state index contributed by atoms with van der Waals surface area (Å²) in [5.41, 5.74) is -0.394. The van der Waals surface area contributed by atoms with E-state index >= 15 is 0 Å². The Morgan fingerprint density at radius 1 is 2.00 bits per heavy atom. The van der Waals surface area contributed by atoms with Crippen molar-refractivity contribution in [3.05, 3.63) is 22.7 Å². The standard InChI is InChI=1S/C3H2NO2/c5-3-1-2-4-6-3/h1,4H. The van der Waals surface area contributed by atoms with Gasteiger partial charge < -0.3 is 4.52 Å². The van der Waals surface area contributed by atoms with E-state index in [9.17, 15) is 4.79 Å². The topological polar surface area (TPSA) is 46.0 Å². The van der Waals surface area contributed by atoms with Gasteiger partial charge in [0.15, 0.2) is 0 Å². The van der Waals surface area contributed by atoms with Crippen molar-refractivity contribution in [3.63, 3.8) is 0 Å². The highest BCUT2D eigenvalue weighted by atomic mass is 16.5. The molecular formula is C3H2NO2. The fourth-order valence-electron chi connectivity index (χ4n) is 0.198. The van der Waals surface area contributed by atoms with Crippen LogP contribution in [0.15, 0.2) is 15.4 Å². The molecule has 0 saturated heterocycles. The molecule has 6 heavy (non-hydrogen) atoms. The lowest BCUT2D eigenvalue weighted by atomic mass is 10.8. The number of nitrogens with one attached hydrogen (secondary N) is 1. The van der Waals surface area contributed by atoms with E-state index in [-0.39, 0.29) is 0 Å². The van der Waals surface area contributed by atoms with Crippen LogP contribution in [0.25, 0.3) is 0 Å². The maximum Gasteiger partial charge on any atom is 0.357 e. The summed E-state index contributed by atoms with van der Waals surface area (Å²) in [5.74, 6) is 0. The Bertz CT molecular complexity index is 147. The SMILES string of the molecule is O=c1c[c][nH]o1. The van der Waals surface area contributed by atoms with Gasteiger partial charge in [-0.1, -0.05) is 0 Å². The number of aromatic nitrogens is 1. The molecule has 0 aliphatic rings. The predicted molar refractivity (Wildman–Crippen MR) is 18.2 cm³/mol. The van der Waals surface area contributed by atoms with Crippen LogP contribution in [0.3, 0.4) is 0 Å². The smallest absolute Gasteiger partial charge is 0.338 e. The average molecular weight is 84.1 g/mol. The van der Waals surface area contributed by atoms with Crippen molar-refractivity contribution in [1.29, 1.82) is 0 Å². The minimum absolute atomic E-state index is 0.394. The summed E-state index contributed by atoms with van der Waals surface area (Å²) in [6, 6.07) is 1.18. The third kappa shape index (κ3) is 0.337. The van der Waals surface area contributed by atoms with Crippen LogP contribution >= 0.6 is 0 Å². The summed E-state index contributed by atoms with van der Waals surface area (Å²) in [6.45, 7) is 0. The monoisotopic (exact) mass is 84.0 g/mol. The molecule has 3 heteroatoms. The van der Waals surface area contributed by atoms with Crippen molar-refractivity contribution >= 4 is 0 Å². The summed E-state index contributed by atoms with van der Waals surface area (Å²) in [4.78, 5) is 9.84. The molecular weight excluding hydrogens is 82.0 g/mol. The molecule has 0 saturated carbocycles. The maximum atomic E-state index is 9.84. The van der Waals surface area contributed by atoms with E-state index in [0.29, 0.717) is 0 Å². The van der Waals surface area contributed by atoms with Crippen LogP contribution in [-0.2, 0) is 0 Å². The molecule has 1 aromatic rings. The summed E-state index contributed by atoms with van der Waals surface area (Å²) < 4.78 is 4.10. The molecule has 0 fully saturated rings. The molecule has 0 spiro atoms. The van der Waals surface area contributed by atoms with Gasteiger partial charge in [0.2, 0.25) is 0 Å². The molecule has 0 unspecified atom stereocenters. The maximum absolute atomic E-state index is 9.84. The molecule has 0 aliphatic heterocycles. The van der Waals surface area contributed by atoms with Gasteiger partial charge in [0, 0.05) is 0 Å². The van der Waals surface area contributed by atoms with Crippen LogP contribution in [-0.4, -0.2) is 5.16 Å². The largest absolute Gasteiger partial charge is 0.357 e.